The predicted molar refractivity (Wildman–Crippen MR) is 143 cm³/mol. The summed E-state index contributed by atoms with van der Waals surface area (Å²) in [6, 6.07) is 5.97. The monoisotopic (exact) mass is 541 g/mol. The second-order valence-electron chi connectivity index (χ2n) is 13.5. The first-order valence-electron chi connectivity index (χ1n) is 14.0. The van der Waals surface area contributed by atoms with Crippen LogP contribution in [-0.2, 0) is 14.2 Å². The van der Waals surface area contributed by atoms with Crippen LogP contribution in [0.1, 0.15) is 48.0 Å². The zero-order valence-corrected chi connectivity index (χ0v) is 23.8. The Hall–Kier alpha value is -2.26. The molecule has 2 bridgehead atoms. The maximum absolute atomic E-state index is 14.5. The average molecular weight is 542 g/mol. The topological polar surface area (TPSA) is 88.5 Å². The van der Waals surface area contributed by atoms with Crippen LogP contribution in [0.4, 0.5) is 14.9 Å². The third-order valence-corrected chi connectivity index (χ3v) is 10.6. The molecule has 1 unspecified atom stereocenters. The minimum Gasteiger partial charge on any atom is -0.438 e. The maximum Gasteiger partial charge on any atom is 0.414 e. The van der Waals surface area contributed by atoms with Crippen LogP contribution in [-0.4, -0.2) is 59.7 Å². The van der Waals surface area contributed by atoms with Gasteiger partial charge in [0.05, 0.1) is 23.8 Å². The highest BCUT2D eigenvalue weighted by atomic mass is 19.1. The molecule has 2 saturated carbocycles. The Balaban J connectivity index is 1.47. The van der Waals surface area contributed by atoms with Crippen LogP contribution in [0, 0.1) is 40.3 Å². The first-order chi connectivity index (χ1) is 18.2. The smallest absolute Gasteiger partial charge is 0.414 e. The lowest BCUT2D eigenvalue weighted by molar-refractivity contribution is -0.311. The Kier molecular flexibility index (Phi) is 5.79. The van der Waals surface area contributed by atoms with E-state index in [1.807, 2.05) is 13.0 Å². The number of ether oxygens (including phenoxy) is 3. The lowest BCUT2D eigenvalue weighted by Gasteiger charge is -2.55. The zero-order chi connectivity index (χ0) is 28.3. The summed E-state index contributed by atoms with van der Waals surface area (Å²) in [5.41, 5.74) is -1.42. The Morgan fingerprint density at radius 1 is 1.21 bits per heavy atom. The molecule has 1 saturated heterocycles. The summed E-state index contributed by atoms with van der Waals surface area (Å²) in [5.74, 6) is -1.26. The van der Waals surface area contributed by atoms with Gasteiger partial charge in [0, 0.05) is 13.0 Å². The first-order valence-corrected chi connectivity index (χ1v) is 14.0. The molecule has 4 aliphatic carbocycles. The number of halogens is 1. The minimum atomic E-state index is -1.82. The lowest BCUT2D eigenvalue weighted by Crippen LogP contribution is -2.69. The van der Waals surface area contributed by atoms with Gasteiger partial charge in [0.25, 0.3) is 0 Å². The van der Waals surface area contributed by atoms with E-state index in [4.69, 9.17) is 14.2 Å². The highest BCUT2D eigenvalue weighted by Gasteiger charge is 2.77. The van der Waals surface area contributed by atoms with Gasteiger partial charge in [-0.1, -0.05) is 45.1 Å². The molecule has 212 valence electrons. The summed E-state index contributed by atoms with van der Waals surface area (Å²) in [5, 5.41) is 25.4. The van der Waals surface area contributed by atoms with Crippen molar-refractivity contribution in [2.24, 2.45) is 34.5 Å². The summed E-state index contributed by atoms with van der Waals surface area (Å²) >= 11 is 0. The molecule has 1 amide bonds. The number of anilines is 1. The maximum atomic E-state index is 14.5. The van der Waals surface area contributed by atoms with Gasteiger partial charge in [0.15, 0.2) is 11.9 Å². The molecule has 0 aromatic heterocycles. The van der Waals surface area contributed by atoms with E-state index < -0.39 is 47.0 Å². The van der Waals surface area contributed by atoms with E-state index in [-0.39, 0.29) is 35.5 Å². The Bertz CT molecular complexity index is 1270. The molecule has 2 N–H and O–H groups in total. The fourth-order valence-corrected chi connectivity index (χ4v) is 8.61. The van der Waals surface area contributed by atoms with Gasteiger partial charge in [0.2, 0.25) is 0 Å². The standard InChI is InChI=1S/C31H40FNO6/c1-16-14-30-17(2)12-20-23(28(20,3)4)19(24(30)34)13-18-15-37-29(5,6)39-26(18)31(30,36)25(16)38-27(35)33(7)22-11-9-8-10-21(22)32/h8-11,13-14,17,19-20,23-26,34,36H,12,15H2,1-7H3/t17-,19+,20-,23+,24?,25+,26-,30+,31-/m1/s1. The summed E-state index contributed by atoms with van der Waals surface area (Å²) in [6.07, 6.45) is 1.09. The van der Waals surface area contributed by atoms with Crippen molar-refractivity contribution in [3.63, 3.8) is 0 Å². The van der Waals surface area contributed by atoms with Crippen molar-refractivity contribution in [1.82, 2.24) is 0 Å². The van der Waals surface area contributed by atoms with E-state index in [1.54, 1.807) is 26.0 Å². The Morgan fingerprint density at radius 2 is 1.90 bits per heavy atom. The fraction of sp³-hybridized carbons (Fsp3) is 0.645. The van der Waals surface area contributed by atoms with E-state index in [9.17, 15) is 19.4 Å². The van der Waals surface area contributed by atoms with Gasteiger partial charge in [-0.15, -0.1) is 0 Å². The summed E-state index contributed by atoms with van der Waals surface area (Å²) in [4.78, 5) is 14.6. The number of aliphatic hydroxyl groups is 2. The van der Waals surface area contributed by atoms with Crippen molar-refractivity contribution in [3.05, 3.63) is 53.4 Å². The molecule has 1 aromatic rings. The largest absolute Gasteiger partial charge is 0.438 e. The Morgan fingerprint density at radius 3 is 2.59 bits per heavy atom. The van der Waals surface area contributed by atoms with Gasteiger partial charge < -0.3 is 24.4 Å². The van der Waals surface area contributed by atoms with Crippen molar-refractivity contribution in [1.29, 1.82) is 0 Å². The summed E-state index contributed by atoms with van der Waals surface area (Å²) < 4.78 is 33.1. The number of nitrogens with zero attached hydrogens (tertiary/aromatic N) is 1. The summed E-state index contributed by atoms with van der Waals surface area (Å²) in [7, 11) is 1.44. The van der Waals surface area contributed by atoms with Gasteiger partial charge in [-0.3, -0.25) is 4.90 Å². The van der Waals surface area contributed by atoms with Crippen LogP contribution in [0.2, 0.25) is 0 Å². The van der Waals surface area contributed by atoms with Crippen molar-refractivity contribution in [3.8, 4) is 0 Å². The quantitative estimate of drug-likeness (QED) is 0.522. The SMILES string of the molecule is CC1=C[C@]23C(O)[C@@H](C=C4COC(C)(C)O[C@H]4[C@]2(O)[C@H]1OC(=O)N(C)c1ccccc1F)[C@H]1[C@@H](C[C@H]3C)C1(C)C. The van der Waals surface area contributed by atoms with Crippen LogP contribution >= 0.6 is 0 Å². The summed E-state index contributed by atoms with van der Waals surface area (Å²) in [6.45, 7) is 12.2. The number of fused-ring (bicyclic) bond motifs is 5. The van der Waals surface area contributed by atoms with Gasteiger partial charge in [-0.25, -0.2) is 9.18 Å². The molecule has 5 aliphatic rings. The molecule has 1 spiro atoms. The third-order valence-electron chi connectivity index (χ3n) is 10.6. The van der Waals surface area contributed by atoms with Crippen molar-refractivity contribution in [2.75, 3.05) is 18.6 Å². The normalized spacial score (nSPS) is 43.0. The molecular formula is C31H40FNO6. The predicted octanol–water partition coefficient (Wildman–Crippen LogP) is 4.83. The number of rotatable bonds is 2. The molecule has 8 heteroatoms. The van der Waals surface area contributed by atoms with Gasteiger partial charge in [0.1, 0.15) is 17.5 Å². The highest BCUT2D eigenvalue weighted by Crippen LogP contribution is 2.73. The number of para-hydroxylation sites is 1. The number of carbonyl (C=O) groups is 1. The van der Waals surface area contributed by atoms with Crippen LogP contribution in [0.5, 0.6) is 0 Å². The molecular weight excluding hydrogens is 501 g/mol. The zero-order valence-electron chi connectivity index (χ0n) is 23.8. The van der Waals surface area contributed by atoms with E-state index >= 15 is 0 Å². The van der Waals surface area contributed by atoms with Crippen LogP contribution in [0.15, 0.2) is 47.6 Å². The molecule has 1 aromatic carbocycles. The molecule has 9 atom stereocenters. The number of hydrogen-bond acceptors (Lipinski definition) is 6. The number of carbonyl (C=O) groups excluding carboxylic acids is 1. The van der Waals surface area contributed by atoms with Crippen molar-refractivity contribution < 1.29 is 33.6 Å². The molecule has 6 rings (SSSR count). The molecule has 39 heavy (non-hydrogen) atoms. The fourth-order valence-electron chi connectivity index (χ4n) is 8.61. The molecule has 1 aliphatic heterocycles. The average Bonchev–Trinajstić information content (AvgIpc) is 3.36. The van der Waals surface area contributed by atoms with Crippen molar-refractivity contribution >= 4 is 11.8 Å². The number of amides is 1. The molecule has 0 radical (unpaired) electrons. The van der Waals surface area contributed by atoms with E-state index in [0.717, 1.165) is 16.9 Å². The van der Waals surface area contributed by atoms with Crippen LogP contribution in [0.3, 0.4) is 0 Å². The molecule has 3 fully saturated rings. The lowest BCUT2D eigenvalue weighted by atomic mass is 9.58. The first kappa shape index (κ1) is 26.9. The highest BCUT2D eigenvalue weighted by molar-refractivity contribution is 5.87. The molecule has 7 nitrogen and oxygen atoms in total. The Labute approximate surface area is 229 Å². The van der Waals surface area contributed by atoms with Gasteiger partial charge >= 0.3 is 6.09 Å². The number of benzene rings is 1. The van der Waals surface area contributed by atoms with E-state index in [2.05, 4.69) is 26.8 Å². The van der Waals surface area contributed by atoms with Crippen molar-refractivity contribution in [2.45, 2.75) is 77.7 Å². The number of aliphatic hydroxyl groups excluding tert-OH is 1. The third kappa shape index (κ3) is 3.51. The van der Waals surface area contributed by atoms with Gasteiger partial charge in [-0.2, -0.15) is 0 Å². The number of hydrogen-bond donors (Lipinski definition) is 2. The van der Waals surface area contributed by atoms with E-state index in [0.29, 0.717) is 11.5 Å². The van der Waals surface area contributed by atoms with Gasteiger partial charge in [-0.05, 0) is 73.6 Å². The molecule has 1 heterocycles. The second-order valence-corrected chi connectivity index (χ2v) is 13.5. The van der Waals surface area contributed by atoms with Crippen LogP contribution in [0.25, 0.3) is 0 Å². The minimum absolute atomic E-state index is 0.0673. The van der Waals surface area contributed by atoms with Crippen LogP contribution < -0.4 is 4.90 Å². The second kappa shape index (κ2) is 8.38. The van der Waals surface area contributed by atoms with E-state index in [1.165, 1.54) is 19.2 Å².